The monoisotopic (exact) mass is 296 g/mol. The molecule has 0 aliphatic heterocycles. The standard InChI is InChI=1S/C19H24N2O/c1-3-13-21(15-17-10-5-4-6-11-17)19(22)20-14-18-12-8-7-9-16(18)2/h4-12H,3,13-15H2,1-2H3,(H,20,22). The van der Waals surface area contributed by atoms with Gasteiger partial charge < -0.3 is 10.2 Å². The molecule has 0 aliphatic rings. The zero-order valence-corrected chi connectivity index (χ0v) is 13.4. The molecule has 0 bridgehead atoms. The molecular formula is C19H24N2O. The Morgan fingerprint density at radius 3 is 2.41 bits per heavy atom. The molecule has 0 atom stereocenters. The van der Waals surface area contributed by atoms with Gasteiger partial charge in [-0.3, -0.25) is 0 Å². The molecule has 0 saturated heterocycles. The molecule has 0 aromatic heterocycles. The van der Waals surface area contributed by atoms with Crippen LogP contribution in [0.1, 0.15) is 30.0 Å². The van der Waals surface area contributed by atoms with Crippen molar-refractivity contribution in [1.82, 2.24) is 10.2 Å². The number of nitrogens with one attached hydrogen (secondary N) is 1. The zero-order chi connectivity index (χ0) is 15.8. The quantitative estimate of drug-likeness (QED) is 0.854. The molecule has 22 heavy (non-hydrogen) atoms. The first kappa shape index (κ1) is 16.1. The number of nitrogens with zero attached hydrogens (tertiary/aromatic N) is 1. The molecule has 1 N–H and O–H groups in total. The second-order valence-corrected chi connectivity index (χ2v) is 5.49. The van der Waals surface area contributed by atoms with E-state index in [9.17, 15) is 4.79 Å². The third-order valence-corrected chi connectivity index (χ3v) is 3.69. The van der Waals surface area contributed by atoms with Gasteiger partial charge in [-0.2, -0.15) is 0 Å². The molecule has 3 nitrogen and oxygen atoms in total. The van der Waals surface area contributed by atoms with Gasteiger partial charge in [-0.25, -0.2) is 4.79 Å². The first-order valence-electron chi connectivity index (χ1n) is 7.82. The van der Waals surface area contributed by atoms with Crippen LogP contribution < -0.4 is 5.32 Å². The lowest BCUT2D eigenvalue weighted by Crippen LogP contribution is -2.39. The van der Waals surface area contributed by atoms with Crippen LogP contribution in [0.4, 0.5) is 4.79 Å². The summed E-state index contributed by atoms with van der Waals surface area (Å²) in [5, 5.41) is 3.03. The van der Waals surface area contributed by atoms with Crippen molar-refractivity contribution in [2.24, 2.45) is 0 Å². The van der Waals surface area contributed by atoms with Crippen molar-refractivity contribution >= 4 is 6.03 Å². The molecule has 0 aliphatic carbocycles. The van der Waals surface area contributed by atoms with E-state index in [0.717, 1.165) is 24.1 Å². The Balaban J connectivity index is 1.96. The molecule has 2 amide bonds. The Morgan fingerprint density at radius 2 is 1.73 bits per heavy atom. The molecule has 116 valence electrons. The van der Waals surface area contributed by atoms with Crippen LogP contribution in [0.2, 0.25) is 0 Å². The maximum atomic E-state index is 12.4. The summed E-state index contributed by atoms with van der Waals surface area (Å²) in [5.41, 5.74) is 3.52. The fraction of sp³-hybridized carbons (Fsp3) is 0.316. The zero-order valence-electron chi connectivity index (χ0n) is 13.4. The van der Waals surface area contributed by atoms with Crippen LogP contribution in [0.3, 0.4) is 0 Å². The van der Waals surface area contributed by atoms with Crippen molar-refractivity contribution in [3.05, 3.63) is 71.3 Å². The van der Waals surface area contributed by atoms with Gasteiger partial charge in [-0.05, 0) is 30.0 Å². The minimum absolute atomic E-state index is 0.00560. The van der Waals surface area contributed by atoms with Crippen LogP contribution in [0.25, 0.3) is 0 Å². The lowest BCUT2D eigenvalue weighted by Gasteiger charge is -2.23. The molecule has 0 saturated carbocycles. The average molecular weight is 296 g/mol. The van der Waals surface area contributed by atoms with Crippen molar-refractivity contribution in [3.8, 4) is 0 Å². The van der Waals surface area contributed by atoms with E-state index < -0.39 is 0 Å². The summed E-state index contributed by atoms with van der Waals surface area (Å²) in [6, 6.07) is 18.2. The normalized spacial score (nSPS) is 10.3. The molecule has 0 fully saturated rings. The van der Waals surface area contributed by atoms with E-state index in [1.54, 1.807) is 0 Å². The number of amides is 2. The number of aryl methyl sites for hydroxylation is 1. The first-order chi connectivity index (χ1) is 10.7. The van der Waals surface area contributed by atoms with Crippen LogP contribution in [-0.2, 0) is 13.1 Å². The summed E-state index contributed by atoms with van der Waals surface area (Å²) in [5.74, 6) is 0. The minimum atomic E-state index is -0.00560. The Morgan fingerprint density at radius 1 is 1.05 bits per heavy atom. The number of carbonyl (C=O) groups is 1. The Labute approximate surface area is 133 Å². The average Bonchev–Trinajstić information content (AvgIpc) is 2.54. The fourth-order valence-electron chi connectivity index (χ4n) is 2.42. The smallest absolute Gasteiger partial charge is 0.317 e. The van der Waals surface area contributed by atoms with Gasteiger partial charge in [0.1, 0.15) is 0 Å². The lowest BCUT2D eigenvalue weighted by atomic mass is 10.1. The van der Waals surface area contributed by atoms with Crippen LogP contribution >= 0.6 is 0 Å². The summed E-state index contributed by atoms with van der Waals surface area (Å²) >= 11 is 0. The molecular weight excluding hydrogens is 272 g/mol. The highest BCUT2D eigenvalue weighted by Gasteiger charge is 2.12. The highest BCUT2D eigenvalue weighted by molar-refractivity contribution is 5.74. The van der Waals surface area contributed by atoms with Crippen molar-refractivity contribution in [3.63, 3.8) is 0 Å². The Hall–Kier alpha value is -2.29. The van der Waals surface area contributed by atoms with E-state index in [2.05, 4.69) is 43.4 Å². The van der Waals surface area contributed by atoms with Gasteiger partial charge in [0.2, 0.25) is 0 Å². The number of rotatable bonds is 6. The maximum Gasteiger partial charge on any atom is 0.317 e. The lowest BCUT2D eigenvalue weighted by molar-refractivity contribution is 0.194. The van der Waals surface area contributed by atoms with E-state index in [1.807, 2.05) is 35.2 Å². The van der Waals surface area contributed by atoms with Crippen molar-refractivity contribution in [2.75, 3.05) is 6.54 Å². The third-order valence-electron chi connectivity index (χ3n) is 3.69. The summed E-state index contributed by atoms with van der Waals surface area (Å²) in [7, 11) is 0. The Kier molecular flexibility index (Phi) is 6.01. The van der Waals surface area contributed by atoms with E-state index in [-0.39, 0.29) is 6.03 Å². The predicted molar refractivity (Wildman–Crippen MR) is 90.6 cm³/mol. The minimum Gasteiger partial charge on any atom is -0.334 e. The van der Waals surface area contributed by atoms with E-state index >= 15 is 0 Å². The predicted octanol–water partition coefficient (Wildman–Crippen LogP) is 4.12. The van der Waals surface area contributed by atoms with E-state index in [4.69, 9.17) is 0 Å². The largest absolute Gasteiger partial charge is 0.334 e. The maximum absolute atomic E-state index is 12.4. The van der Waals surface area contributed by atoms with Crippen LogP contribution in [0.15, 0.2) is 54.6 Å². The van der Waals surface area contributed by atoms with E-state index in [1.165, 1.54) is 5.56 Å². The molecule has 0 radical (unpaired) electrons. The van der Waals surface area contributed by atoms with Gasteiger partial charge in [-0.1, -0.05) is 61.5 Å². The van der Waals surface area contributed by atoms with Gasteiger partial charge in [-0.15, -0.1) is 0 Å². The fourth-order valence-corrected chi connectivity index (χ4v) is 2.42. The molecule has 0 heterocycles. The van der Waals surface area contributed by atoms with Crippen LogP contribution in [0.5, 0.6) is 0 Å². The number of hydrogen-bond acceptors (Lipinski definition) is 1. The van der Waals surface area contributed by atoms with Gasteiger partial charge in [0.25, 0.3) is 0 Å². The molecule has 2 aromatic rings. The second-order valence-electron chi connectivity index (χ2n) is 5.49. The van der Waals surface area contributed by atoms with Crippen molar-refractivity contribution in [2.45, 2.75) is 33.4 Å². The molecule has 0 spiro atoms. The highest BCUT2D eigenvalue weighted by atomic mass is 16.2. The van der Waals surface area contributed by atoms with Gasteiger partial charge >= 0.3 is 6.03 Å². The van der Waals surface area contributed by atoms with Gasteiger partial charge in [0, 0.05) is 19.6 Å². The number of benzene rings is 2. The summed E-state index contributed by atoms with van der Waals surface area (Å²) in [6.07, 6.45) is 0.949. The summed E-state index contributed by atoms with van der Waals surface area (Å²) in [6.45, 7) is 6.13. The van der Waals surface area contributed by atoms with Crippen LogP contribution in [-0.4, -0.2) is 17.5 Å². The van der Waals surface area contributed by atoms with Crippen molar-refractivity contribution in [1.29, 1.82) is 0 Å². The first-order valence-corrected chi connectivity index (χ1v) is 7.82. The molecule has 3 heteroatoms. The third kappa shape index (κ3) is 4.62. The SMILES string of the molecule is CCCN(Cc1ccccc1)C(=O)NCc1ccccc1C. The van der Waals surface area contributed by atoms with Crippen molar-refractivity contribution < 1.29 is 4.79 Å². The van der Waals surface area contributed by atoms with E-state index in [0.29, 0.717) is 13.1 Å². The number of hydrogen-bond donors (Lipinski definition) is 1. The molecule has 2 aromatic carbocycles. The number of carbonyl (C=O) groups excluding carboxylic acids is 1. The summed E-state index contributed by atoms with van der Waals surface area (Å²) < 4.78 is 0. The highest BCUT2D eigenvalue weighted by Crippen LogP contribution is 2.08. The Bertz CT molecular complexity index is 595. The second kappa shape index (κ2) is 8.23. The van der Waals surface area contributed by atoms with Crippen LogP contribution in [0, 0.1) is 6.92 Å². The number of urea groups is 1. The molecule has 2 rings (SSSR count). The summed E-state index contributed by atoms with van der Waals surface area (Å²) in [4.78, 5) is 14.3. The van der Waals surface area contributed by atoms with Gasteiger partial charge in [0.15, 0.2) is 0 Å². The topological polar surface area (TPSA) is 32.3 Å². The molecule has 0 unspecified atom stereocenters. The van der Waals surface area contributed by atoms with Gasteiger partial charge in [0.05, 0.1) is 0 Å².